The minimum absolute atomic E-state index is 0.0101. The maximum absolute atomic E-state index is 12.9. The summed E-state index contributed by atoms with van der Waals surface area (Å²) in [6.07, 6.45) is 1.76. The van der Waals surface area contributed by atoms with Gasteiger partial charge in [0, 0.05) is 49.3 Å². The summed E-state index contributed by atoms with van der Waals surface area (Å²) in [6, 6.07) is 16.9. The fourth-order valence-electron chi connectivity index (χ4n) is 3.81. The number of amides is 1. The van der Waals surface area contributed by atoms with Gasteiger partial charge in [0.2, 0.25) is 5.91 Å². The van der Waals surface area contributed by atoms with Crippen LogP contribution in [0.15, 0.2) is 60.8 Å². The quantitative estimate of drug-likeness (QED) is 0.606. The summed E-state index contributed by atoms with van der Waals surface area (Å²) in [4.78, 5) is 21.8. The second-order valence-corrected chi connectivity index (χ2v) is 8.16. The zero-order valence-electron chi connectivity index (χ0n) is 17.6. The smallest absolute Gasteiger partial charge is 0.241 e. The fraction of sp³-hybridized carbons (Fsp3) is 0.333. The normalized spacial score (nSPS) is 16.2. The third kappa shape index (κ3) is 5.53. The average Bonchev–Trinajstić information content (AvgIpc) is 2.80. The number of nitrogens with one attached hydrogen (secondary N) is 1. The van der Waals surface area contributed by atoms with E-state index in [9.17, 15) is 4.79 Å². The van der Waals surface area contributed by atoms with Crippen molar-refractivity contribution in [2.45, 2.75) is 13.0 Å². The van der Waals surface area contributed by atoms with Crippen LogP contribution >= 0.6 is 11.6 Å². The molecule has 3 aromatic rings. The molecule has 4 rings (SSSR count). The van der Waals surface area contributed by atoms with Gasteiger partial charge in [-0.3, -0.25) is 19.6 Å². The van der Waals surface area contributed by atoms with Gasteiger partial charge >= 0.3 is 0 Å². The van der Waals surface area contributed by atoms with Crippen LogP contribution in [0.1, 0.15) is 6.92 Å². The lowest BCUT2D eigenvalue weighted by Gasteiger charge is -2.37. The van der Waals surface area contributed by atoms with Gasteiger partial charge in [0.05, 0.1) is 17.2 Å². The van der Waals surface area contributed by atoms with Gasteiger partial charge in [-0.25, -0.2) is 0 Å². The number of anilines is 1. The van der Waals surface area contributed by atoms with E-state index >= 15 is 0 Å². The number of aromatic nitrogens is 1. The SMILES string of the molecule is CC(C(=O)Nc1cccc2ncccc12)N1CCN(CCOc2ccc(Cl)cc2)CC1. The molecule has 0 aliphatic carbocycles. The molecule has 1 amide bonds. The van der Waals surface area contributed by atoms with Gasteiger partial charge < -0.3 is 10.1 Å². The van der Waals surface area contributed by atoms with Gasteiger partial charge in [0.15, 0.2) is 0 Å². The number of carbonyl (C=O) groups excluding carboxylic acids is 1. The number of nitrogens with zero attached hydrogens (tertiary/aromatic N) is 3. The Labute approximate surface area is 187 Å². The molecule has 162 valence electrons. The van der Waals surface area contributed by atoms with Crippen LogP contribution in [0, 0.1) is 0 Å². The molecular formula is C24H27ClN4O2. The first kappa shape index (κ1) is 21.6. The molecule has 0 bridgehead atoms. The number of halogens is 1. The van der Waals surface area contributed by atoms with Gasteiger partial charge in [0.25, 0.3) is 0 Å². The third-order valence-corrected chi connectivity index (χ3v) is 5.98. The predicted octanol–water partition coefficient (Wildman–Crippen LogP) is 3.91. The molecule has 2 aromatic carbocycles. The number of carbonyl (C=O) groups is 1. The maximum Gasteiger partial charge on any atom is 0.241 e. The van der Waals surface area contributed by atoms with Gasteiger partial charge in [0.1, 0.15) is 12.4 Å². The third-order valence-electron chi connectivity index (χ3n) is 5.73. The molecule has 6 nitrogen and oxygen atoms in total. The van der Waals surface area contributed by atoms with Crippen molar-refractivity contribution < 1.29 is 9.53 Å². The highest BCUT2D eigenvalue weighted by Gasteiger charge is 2.25. The zero-order chi connectivity index (χ0) is 21.6. The molecule has 2 heterocycles. The van der Waals surface area contributed by atoms with Crippen LogP contribution in [-0.2, 0) is 4.79 Å². The highest BCUT2D eigenvalue weighted by molar-refractivity contribution is 6.30. The summed E-state index contributed by atoms with van der Waals surface area (Å²) in [5.41, 5.74) is 1.68. The Balaban J connectivity index is 1.24. The van der Waals surface area contributed by atoms with E-state index in [0.717, 1.165) is 55.1 Å². The Bertz CT molecular complexity index is 1010. The van der Waals surface area contributed by atoms with E-state index in [0.29, 0.717) is 11.6 Å². The standard InChI is InChI=1S/C24H27ClN4O2/c1-18(24(30)27-23-6-2-5-22-21(23)4-3-11-26-22)29-14-12-28(13-15-29)16-17-31-20-9-7-19(25)8-10-20/h2-11,18H,12-17H2,1H3,(H,27,30). The van der Waals surface area contributed by atoms with Crippen LogP contribution in [0.2, 0.25) is 5.02 Å². The van der Waals surface area contributed by atoms with Crippen molar-refractivity contribution in [1.82, 2.24) is 14.8 Å². The number of fused-ring (bicyclic) bond motifs is 1. The lowest BCUT2D eigenvalue weighted by molar-refractivity contribution is -0.121. The van der Waals surface area contributed by atoms with Crippen LogP contribution in [0.3, 0.4) is 0 Å². The summed E-state index contributed by atoms with van der Waals surface area (Å²) < 4.78 is 5.79. The first-order chi connectivity index (χ1) is 15.1. The maximum atomic E-state index is 12.9. The number of pyridine rings is 1. The molecule has 7 heteroatoms. The van der Waals surface area contributed by atoms with Crippen LogP contribution in [0.25, 0.3) is 10.9 Å². The van der Waals surface area contributed by atoms with E-state index in [4.69, 9.17) is 16.3 Å². The van der Waals surface area contributed by atoms with Crippen LogP contribution in [0.4, 0.5) is 5.69 Å². The first-order valence-corrected chi connectivity index (χ1v) is 11.0. The number of rotatable bonds is 7. The number of benzene rings is 2. The fourth-order valence-corrected chi connectivity index (χ4v) is 3.94. The van der Waals surface area contributed by atoms with Crippen molar-refractivity contribution in [3.63, 3.8) is 0 Å². The molecule has 1 atom stereocenters. The molecule has 0 radical (unpaired) electrons. The lowest BCUT2D eigenvalue weighted by Crippen LogP contribution is -2.53. The van der Waals surface area contributed by atoms with Crippen LogP contribution < -0.4 is 10.1 Å². The topological polar surface area (TPSA) is 57.7 Å². The largest absolute Gasteiger partial charge is 0.492 e. The van der Waals surface area contributed by atoms with Crippen molar-refractivity contribution in [3.05, 3.63) is 65.8 Å². The molecule has 1 unspecified atom stereocenters. The predicted molar refractivity (Wildman–Crippen MR) is 125 cm³/mol. The molecule has 1 fully saturated rings. The summed E-state index contributed by atoms with van der Waals surface area (Å²) in [7, 11) is 0. The molecule has 0 saturated carbocycles. The number of hydrogen-bond acceptors (Lipinski definition) is 5. The van der Waals surface area contributed by atoms with Crippen molar-refractivity contribution >= 4 is 34.1 Å². The van der Waals surface area contributed by atoms with Crippen molar-refractivity contribution in [2.75, 3.05) is 44.6 Å². The minimum atomic E-state index is -0.195. The monoisotopic (exact) mass is 438 g/mol. The molecule has 1 aliphatic heterocycles. The van der Waals surface area contributed by atoms with Gasteiger partial charge in [-0.2, -0.15) is 0 Å². The average molecular weight is 439 g/mol. The number of hydrogen-bond donors (Lipinski definition) is 1. The van der Waals surface area contributed by atoms with E-state index in [1.165, 1.54) is 0 Å². The first-order valence-electron chi connectivity index (χ1n) is 10.6. The van der Waals surface area contributed by atoms with Gasteiger partial charge in [-0.1, -0.05) is 17.7 Å². The van der Waals surface area contributed by atoms with E-state index < -0.39 is 0 Å². The Morgan fingerprint density at radius 3 is 2.65 bits per heavy atom. The summed E-state index contributed by atoms with van der Waals surface area (Å²) in [5.74, 6) is 0.841. The number of piperazine rings is 1. The van der Waals surface area contributed by atoms with Gasteiger partial charge in [-0.15, -0.1) is 0 Å². The summed E-state index contributed by atoms with van der Waals surface area (Å²) in [5, 5.41) is 4.75. The van der Waals surface area contributed by atoms with Crippen molar-refractivity contribution in [3.8, 4) is 5.75 Å². The summed E-state index contributed by atoms with van der Waals surface area (Å²) >= 11 is 5.90. The zero-order valence-corrected chi connectivity index (χ0v) is 18.4. The molecule has 1 saturated heterocycles. The van der Waals surface area contributed by atoms with E-state index in [1.54, 1.807) is 6.20 Å². The molecule has 1 N–H and O–H groups in total. The minimum Gasteiger partial charge on any atom is -0.492 e. The van der Waals surface area contributed by atoms with Crippen LogP contribution in [-0.4, -0.2) is 66.1 Å². The van der Waals surface area contributed by atoms with E-state index in [-0.39, 0.29) is 11.9 Å². The Kier molecular flexibility index (Phi) is 7.02. The Hall–Kier alpha value is -2.67. The van der Waals surface area contributed by atoms with E-state index in [2.05, 4.69) is 20.1 Å². The Morgan fingerprint density at radius 2 is 1.87 bits per heavy atom. The van der Waals surface area contributed by atoms with Gasteiger partial charge in [-0.05, 0) is 55.5 Å². The summed E-state index contributed by atoms with van der Waals surface area (Å²) in [6.45, 7) is 7.00. The second kappa shape index (κ2) is 10.1. The Morgan fingerprint density at radius 1 is 1.10 bits per heavy atom. The van der Waals surface area contributed by atoms with Crippen molar-refractivity contribution in [2.24, 2.45) is 0 Å². The molecule has 1 aliphatic rings. The van der Waals surface area contributed by atoms with E-state index in [1.807, 2.05) is 61.5 Å². The molecule has 0 spiro atoms. The molecule has 31 heavy (non-hydrogen) atoms. The number of ether oxygens (including phenoxy) is 1. The highest BCUT2D eigenvalue weighted by atomic mass is 35.5. The second-order valence-electron chi connectivity index (χ2n) is 7.72. The highest BCUT2D eigenvalue weighted by Crippen LogP contribution is 2.22. The lowest BCUT2D eigenvalue weighted by atomic mass is 10.1. The van der Waals surface area contributed by atoms with Crippen molar-refractivity contribution in [1.29, 1.82) is 0 Å². The van der Waals surface area contributed by atoms with Crippen LogP contribution in [0.5, 0.6) is 5.75 Å². The molecular weight excluding hydrogens is 412 g/mol. The molecule has 1 aromatic heterocycles.